The van der Waals surface area contributed by atoms with Crippen LogP contribution in [0.2, 0.25) is 0 Å². The number of amides is 1. The molecule has 2 heterocycles. The highest BCUT2D eigenvalue weighted by Gasteiger charge is 2.36. The summed E-state index contributed by atoms with van der Waals surface area (Å²) in [6.07, 6.45) is 1.34. The van der Waals surface area contributed by atoms with E-state index in [1.54, 1.807) is 4.90 Å². The van der Waals surface area contributed by atoms with Gasteiger partial charge in [-0.15, -0.1) is 0 Å². The fourth-order valence-electron chi connectivity index (χ4n) is 3.60. The first-order valence-electron chi connectivity index (χ1n) is 9.31. The van der Waals surface area contributed by atoms with Gasteiger partial charge in [-0.1, -0.05) is 36.9 Å². The average Bonchev–Trinajstić information content (AvgIpc) is 2.99. The SMILES string of the molecule is CCC(C)N(C(=O)CSc1cc(C)c2ccccc2n1)C1CCS(=O)(=O)C1. The highest BCUT2D eigenvalue weighted by molar-refractivity contribution is 7.99. The molecule has 1 aliphatic heterocycles. The summed E-state index contributed by atoms with van der Waals surface area (Å²) in [5.41, 5.74) is 2.06. The molecule has 5 nitrogen and oxygen atoms in total. The van der Waals surface area contributed by atoms with Crippen molar-refractivity contribution in [2.45, 2.75) is 50.7 Å². The van der Waals surface area contributed by atoms with Crippen LogP contribution < -0.4 is 0 Å². The van der Waals surface area contributed by atoms with Crippen LogP contribution in [-0.4, -0.2) is 53.6 Å². The molecule has 0 bridgehead atoms. The molecule has 0 aliphatic carbocycles. The molecule has 1 amide bonds. The van der Waals surface area contributed by atoms with Crippen LogP contribution in [0, 0.1) is 6.92 Å². The maximum atomic E-state index is 12.9. The molecule has 1 fully saturated rings. The fourth-order valence-corrected chi connectivity index (χ4v) is 6.16. The van der Waals surface area contributed by atoms with Gasteiger partial charge in [0.2, 0.25) is 5.91 Å². The summed E-state index contributed by atoms with van der Waals surface area (Å²) in [7, 11) is -3.03. The van der Waals surface area contributed by atoms with Gasteiger partial charge in [-0.2, -0.15) is 0 Å². The summed E-state index contributed by atoms with van der Waals surface area (Å²) >= 11 is 1.42. The molecular formula is C20H26N2O3S2. The van der Waals surface area contributed by atoms with E-state index in [-0.39, 0.29) is 35.2 Å². The quantitative estimate of drug-likeness (QED) is 0.688. The minimum Gasteiger partial charge on any atom is -0.335 e. The van der Waals surface area contributed by atoms with Crippen molar-refractivity contribution in [3.05, 3.63) is 35.9 Å². The summed E-state index contributed by atoms with van der Waals surface area (Å²) < 4.78 is 23.7. The molecule has 1 saturated heterocycles. The molecule has 146 valence electrons. The highest BCUT2D eigenvalue weighted by Crippen LogP contribution is 2.26. The van der Waals surface area contributed by atoms with E-state index in [0.717, 1.165) is 27.9 Å². The Morgan fingerprint density at radius 3 is 2.78 bits per heavy atom. The minimum atomic E-state index is -3.03. The summed E-state index contributed by atoms with van der Waals surface area (Å²) in [5, 5.41) is 1.94. The van der Waals surface area contributed by atoms with E-state index < -0.39 is 9.84 Å². The maximum Gasteiger partial charge on any atom is 0.233 e. The molecule has 0 saturated carbocycles. The van der Waals surface area contributed by atoms with Crippen LogP contribution in [-0.2, 0) is 14.6 Å². The Kier molecular flexibility index (Phi) is 6.11. The van der Waals surface area contributed by atoms with Crippen molar-refractivity contribution in [1.29, 1.82) is 0 Å². The van der Waals surface area contributed by atoms with Gasteiger partial charge >= 0.3 is 0 Å². The third-order valence-electron chi connectivity index (χ3n) is 5.20. The number of pyridine rings is 1. The Morgan fingerprint density at radius 2 is 2.11 bits per heavy atom. The van der Waals surface area contributed by atoms with E-state index in [0.29, 0.717) is 6.42 Å². The van der Waals surface area contributed by atoms with Gasteiger partial charge in [0, 0.05) is 17.5 Å². The molecule has 1 aliphatic rings. The number of carbonyl (C=O) groups is 1. The Labute approximate surface area is 165 Å². The van der Waals surface area contributed by atoms with Gasteiger partial charge in [0.05, 0.1) is 27.8 Å². The van der Waals surface area contributed by atoms with Crippen LogP contribution in [0.25, 0.3) is 10.9 Å². The molecular weight excluding hydrogens is 380 g/mol. The summed E-state index contributed by atoms with van der Waals surface area (Å²) in [4.78, 5) is 19.4. The molecule has 27 heavy (non-hydrogen) atoms. The Hall–Kier alpha value is -1.60. The Bertz CT molecular complexity index is 943. The minimum absolute atomic E-state index is 0.0101. The van der Waals surface area contributed by atoms with Gasteiger partial charge in [-0.3, -0.25) is 4.79 Å². The smallest absolute Gasteiger partial charge is 0.233 e. The van der Waals surface area contributed by atoms with Crippen molar-refractivity contribution in [2.75, 3.05) is 17.3 Å². The van der Waals surface area contributed by atoms with Crippen LogP contribution in [0.15, 0.2) is 35.4 Å². The standard InChI is InChI=1S/C20H26N2O3S2/c1-4-15(3)22(16-9-10-27(24,25)13-16)20(23)12-26-19-11-14(2)17-7-5-6-8-18(17)21-19/h5-8,11,15-16H,4,9-10,12-13H2,1-3H3. The number of nitrogens with zero attached hydrogens (tertiary/aromatic N) is 2. The molecule has 0 spiro atoms. The van der Waals surface area contributed by atoms with Crippen molar-refractivity contribution in [3.63, 3.8) is 0 Å². The first-order chi connectivity index (χ1) is 12.8. The van der Waals surface area contributed by atoms with Crippen molar-refractivity contribution in [1.82, 2.24) is 9.88 Å². The van der Waals surface area contributed by atoms with Gasteiger partial charge in [0.15, 0.2) is 9.84 Å². The molecule has 7 heteroatoms. The zero-order valence-corrected chi connectivity index (χ0v) is 17.6. The first-order valence-corrected chi connectivity index (χ1v) is 12.1. The largest absolute Gasteiger partial charge is 0.335 e. The molecule has 1 aromatic carbocycles. The van der Waals surface area contributed by atoms with Gasteiger partial charge in [0.25, 0.3) is 0 Å². The summed E-state index contributed by atoms with van der Waals surface area (Å²) in [6, 6.07) is 9.80. The van der Waals surface area contributed by atoms with Gasteiger partial charge in [0.1, 0.15) is 0 Å². The summed E-state index contributed by atoms with van der Waals surface area (Å²) in [5.74, 6) is 0.521. The number of hydrogen-bond donors (Lipinski definition) is 0. The van der Waals surface area contributed by atoms with E-state index in [1.807, 2.05) is 51.1 Å². The first kappa shape index (κ1) is 20.1. The average molecular weight is 407 g/mol. The van der Waals surface area contributed by atoms with E-state index in [4.69, 9.17) is 0 Å². The second-order valence-corrected chi connectivity index (χ2v) is 10.4. The molecule has 3 rings (SSSR count). The number of hydrogen-bond acceptors (Lipinski definition) is 5. The molecule has 2 aromatic rings. The molecule has 2 atom stereocenters. The van der Waals surface area contributed by atoms with E-state index >= 15 is 0 Å². The normalized spacial score (nSPS) is 19.9. The predicted octanol–water partition coefficient (Wildman–Crippen LogP) is 3.45. The van der Waals surface area contributed by atoms with Crippen molar-refractivity contribution >= 4 is 38.4 Å². The lowest BCUT2D eigenvalue weighted by molar-refractivity contribution is -0.132. The predicted molar refractivity (Wildman–Crippen MR) is 111 cm³/mol. The molecule has 1 aromatic heterocycles. The lowest BCUT2D eigenvalue weighted by Crippen LogP contribution is -2.47. The Morgan fingerprint density at radius 1 is 1.37 bits per heavy atom. The fraction of sp³-hybridized carbons (Fsp3) is 0.500. The van der Waals surface area contributed by atoms with E-state index in [1.165, 1.54) is 11.8 Å². The number of rotatable bonds is 6. The lowest BCUT2D eigenvalue weighted by atomic mass is 10.1. The van der Waals surface area contributed by atoms with E-state index in [2.05, 4.69) is 4.98 Å². The van der Waals surface area contributed by atoms with Crippen molar-refractivity contribution < 1.29 is 13.2 Å². The zero-order chi connectivity index (χ0) is 19.6. The van der Waals surface area contributed by atoms with Crippen LogP contribution in [0.5, 0.6) is 0 Å². The maximum absolute atomic E-state index is 12.9. The van der Waals surface area contributed by atoms with Crippen LogP contribution >= 0.6 is 11.8 Å². The lowest BCUT2D eigenvalue weighted by Gasteiger charge is -2.33. The number of thioether (sulfide) groups is 1. The Balaban J connectivity index is 1.74. The van der Waals surface area contributed by atoms with Crippen LogP contribution in [0.1, 0.15) is 32.3 Å². The zero-order valence-electron chi connectivity index (χ0n) is 16.0. The van der Waals surface area contributed by atoms with Gasteiger partial charge in [-0.25, -0.2) is 13.4 Å². The summed E-state index contributed by atoms with van der Waals surface area (Å²) in [6.45, 7) is 6.06. The van der Waals surface area contributed by atoms with Gasteiger partial charge < -0.3 is 4.90 Å². The van der Waals surface area contributed by atoms with Crippen molar-refractivity contribution in [2.24, 2.45) is 0 Å². The van der Waals surface area contributed by atoms with E-state index in [9.17, 15) is 13.2 Å². The second-order valence-electron chi connectivity index (χ2n) is 7.20. The third kappa shape index (κ3) is 4.63. The number of sulfone groups is 1. The highest BCUT2D eigenvalue weighted by atomic mass is 32.2. The second kappa shape index (κ2) is 8.19. The van der Waals surface area contributed by atoms with Crippen molar-refractivity contribution in [3.8, 4) is 0 Å². The topological polar surface area (TPSA) is 67.3 Å². The number of aryl methyl sites for hydroxylation is 1. The number of carbonyl (C=O) groups excluding carboxylic acids is 1. The molecule has 2 unspecified atom stereocenters. The number of para-hydroxylation sites is 1. The number of benzene rings is 1. The molecule has 0 N–H and O–H groups in total. The van der Waals surface area contributed by atoms with Crippen LogP contribution in [0.3, 0.4) is 0 Å². The third-order valence-corrected chi connectivity index (χ3v) is 7.85. The van der Waals surface area contributed by atoms with Gasteiger partial charge in [-0.05, 0) is 44.4 Å². The number of fused-ring (bicyclic) bond motifs is 1. The molecule has 0 radical (unpaired) electrons. The monoisotopic (exact) mass is 406 g/mol. The number of aromatic nitrogens is 1. The van der Waals surface area contributed by atoms with Crippen LogP contribution in [0.4, 0.5) is 0 Å².